The van der Waals surface area contributed by atoms with Gasteiger partial charge in [0, 0.05) is 22.5 Å². The number of rotatable bonds is 3. The summed E-state index contributed by atoms with van der Waals surface area (Å²) in [5.74, 6) is 0.474. The predicted molar refractivity (Wildman–Crippen MR) is 81.9 cm³/mol. The summed E-state index contributed by atoms with van der Waals surface area (Å²) in [5, 5.41) is 8.05. The Labute approximate surface area is 124 Å². The third-order valence-corrected chi connectivity index (χ3v) is 4.79. The van der Waals surface area contributed by atoms with E-state index in [1.807, 2.05) is 12.1 Å². The van der Waals surface area contributed by atoms with Crippen LogP contribution in [0, 0.1) is 5.41 Å². The standard InChI is InChI=1S/C15H20ClN3O/c16-14-5-11(7-17)15(18)6-13(14)10-1-3-19(4-2-10)12-8-20-9-12/h5-7,10,12,17H,1-4,8-9,18H2. The molecule has 0 unspecified atom stereocenters. The third kappa shape index (κ3) is 2.55. The number of nitrogens with zero attached hydrogens (tertiary/aromatic N) is 1. The van der Waals surface area contributed by atoms with Gasteiger partial charge in [0.05, 0.1) is 19.3 Å². The zero-order valence-electron chi connectivity index (χ0n) is 11.4. The van der Waals surface area contributed by atoms with Gasteiger partial charge in [0.25, 0.3) is 0 Å². The van der Waals surface area contributed by atoms with E-state index in [2.05, 4.69) is 4.90 Å². The number of benzene rings is 1. The number of ether oxygens (including phenoxy) is 1. The van der Waals surface area contributed by atoms with Gasteiger partial charge in [-0.3, -0.25) is 4.90 Å². The van der Waals surface area contributed by atoms with E-state index in [0.717, 1.165) is 49.7 Å². The molecule has 20 heavy (non-hydrogen) atoms. The summed E-state index contributed by atoms with van der Waals surface area (Å²) in [4.78, 5) is 2.52. The van der Waals surface area contributed by atoms with E-state index in [9.17, 15) is 0 Å². The Bertz CT molecular complexity index is 508. The van der Waals surface area contributed by atoms with Crippen LogP contribution in [0.1, 0.15) is 29.9 Å². The molecular formula is C15H20ClN3O. The molecule has 108 valence electrons. The van der Waals surface area contributed by atoms with E-state index >= 15 is 0 Å². The van der Waals surface area contributed by atoms with Crippen LogP contribution in [0.25, 0.3) is 0 Å². The van der Waals surface area contributed by atoms with E-state index < -0.39 is 0 Å². The highest BCUT2D eigenvalue weighted by molar-refractivity contribution is 6.31. The number of halogens is 1. The van der Waals surface area contributed by atoms with Crippen LogP contribution >= 0.6 is 11.6 Å². The highest BCUT2D eigenvalue weighted by atomic mass is 35.5. The molecule has 0 spiro atoms. The first-order valence-electron chi connectivity index (χ1n) is 7.10. The molecule has 2 aliphatic rings. The fraction of sp³-hybridized carbons (Fsp3) is 0.533. The summed E-state index contributed by atoms with van der Waals surface area (Å²) in [6, 6.07) is 4.39. The average Bonchev–Trinajstić information content (AvgIpc) is 2.40. The van der Waals surface area contributed by atoms with Gasteiger partial charge in [-0.2, -0.15) is 0 Å². The number of nitrogen functional groups attached to an aromatic ring is 1. The number of anilines is 1. The molecule has 0 aliphatic carbocycles. The lowest BCUT2D eigenvalue weighted by Crippen LogP contribution is -2.51. The van der Waals surface area contributed by atoms with Gasteiger partial charge in [-0.05, 0) is 49.5 Å². The minimum Gasteiger partial charge on any atom is -0.398 e. The van der Waals surface area contributed by atoms with Crippen LogP contribution in [0.5, 0.6) is 0 Å². The first kappa shape index (κ1) is 13.9. The van der Waals surface area contributed by atoms with Gasteiger partial charge in [0.2, 0.25) is 0 Å². The molecule has 0 radical (unpaired) electrons. The molecule has 0 saturated carbocycles. The van der Waals surface area contributed by atoms with Crippen LogP contribution in [0.3, 0.4) is 0 Å². The number of nitrogens with two attached hydrogens (primary N) is 1. The van der Waals surface area contributed by atoms with Crippen molar-refractivity contribution in [3.8, 4) is 0 Å². The zero-order valence-corrected chi connectivity index (χ0v) is 12.2. The van der Waals surface area contributed by atoms with Crippen molar-refractivity contribution in [2.45, 2.75) is 24.8 Å². The van der Waals surface area contributed by atoms with E-state index in [-0.39, 0.29) is 0 Å². The van der Waals surface area contributed by atoms with Gasteiger partial charge in [-0.25, -0.2) is 0 Å². The van der Waals surface area contributed by atoms with E-state index in [4.69, 9.17) is 27.5 Å². The van der Waals surface area contributed by atoms with Crippen LogP contribution in [0.15, 0.2) is 12.1 Å². The van der Waals surface area contributed by atoms with Crippen molar-refractivity contribution >= 4 is 23.5 Å². The topological polar surface area (TPSA) is 62.3 Å². The maximum Gasteiger partial charge on any atom is 0.0645 e. The third-order valence-electron chi connectivity index (χ3n) is 4.46. The predicted octanol–water partition coefficient (Wildman–Crippen LogP) is 2.50. The van der Waals surface area contributed by atoms with Gasteiger partial charge in [0.1, 0.15) is 0 Å². The van der Waals surface area contributed by atoms with E-state index in [1.165, 1.54) is 6.21 Å². The lowest BCUT2D eigenvalue weighted by molar-refractivity contribution is -0.0712. The first-order valence-corrected chi connectivity index (χ1v) is 7.48. The van der Waals surface area contributed by atoms with Crippen molar-refractivity contribution in [1.29, 1.82) is 5.41 Å². The maximum absolute atomic E-state index is 7.32. The highest BCUT2D eigenvalue weighted by Gasteiger charge is 2.30. The molecule has 2 saturated heterocycles. The van der Waals surface area contributed by atoms with Crippen LogP contribution in [-0.4, -0.2) is 43.5 Å². The Kier molecular flexibility index (Phi) is 3.96. The summed E-state index contributed by atoms with van der Waals surface area (Å²) in [5.41, 5.74) is 8.46. The lowest BCUT2D eigenvalue weighted by atomic mass is 9.88. The molecule has 0 atom stereocenters. The van der Waals surface area contributed by atoms with Crippen molar-refractivity contribution in [1.82, 2.24) is 4.90 Å². The second kappa shape index (κ2) is 5.72. The Morgan fingerprint density at radius 2 is 2.00 bits per heavy atom. The van der Waals surface area contributed by atoms with E-state index in [0.29, 0.717) is 23.2 Å². The minimum atomic E-state index is 0.474. The fourth-order valence-corrected chi connectivity index (χ4v) is 3.40. The van der Waals surface area contributed by atoms with E-state index in [1.54, 1.807) is 0 Å². The largest absolute Gasteiger partial charge is 0.398 e. The zero-order chi connectivity index (χ0) is 14.1. The second-order valence-corrected chi connectivity index (χ2v) is 6.06. The molecule has 0 aromatic heterocycles. The van der Waals surface area contributed by atoms with Crippen molar-refractivity contribution in [3.05, 3.63) is 28.3 Å². The number of likely N-dealkylation sites (tertiary alicyclic amines) is 1. The second-order valence-electron chi connectivity index (χ2n) is 5.65. The van der Waals surface area contributed by atoms with Crippen molar-refractivity contribution < 1.29 is 4.74 Å². The van der Waals surface area contributed by atoms with Gasteiger partial charge >= 0.3 is 0 Å². The average molecular weight is 294 g/mol. The van der Waals surface area contributed by atoms with Crippen molar-refractivity contribution in [2.24, 2.45) is 0 Å². The highest BCUT2D eigenvalue weighted by Crippen LogP contribution is 2.35. The Morgan fingerprint density at radius 1 is 1.30 bits per heavy atom. The molecule has 3 N–H and O–H groups in total. The molecule has 5 heteroatoms. The van der Waals surface area contributed by atoms with Gasteiger partial charge in [0.15, 0.2) is 0 Å². The molecule has 2 heterocycles. The van der Waals surface area contributed by atoms with Crippen LogP contribution < -0.4 is 5.73 Å². The quantitative estimate of drug-likeness (QED) is 0.665. The van der Waals surface area contributed by atoms with Gasteiger partial charge in [-0.15, -0.1) is 0 Å². The van der Waals surface area contributed by atoms with Crippen LogP contribution in [0.4, 0.5) is 5.69 Å². The smallest absolute Gasteiger partial charge is 0.0645 e. The Balaban J connectivity index is 1.71. The molecular weight excluding hydrogens is 274 g/mol. The lowest BCUT2D eigenvalue weighted by Gasteiger charge is -2.41. The maximum atomic E-state index is 7.32. The summed E-state index contributed by atoms with van der Waals surface area (Å²) in [6.07, 6.45) is 3.48. The van der Waals surface area contributed by atoms with Crippen molar-refractivity contribution in [2.75, 3.05) is 32.0 Å². The number of piperidine rings is 1. The Morgan fingerprint density at radius 3 is 2.55 bits per heavy atom. The van der Waals surface area contributed by atoms with Crippen LogP contribution in [0.2, 0.25) is 5.02 Å². The summed E-state index contributed by atoms with van der Waals surface area (Å²) >= 11 is 6.36. The summed E-state index contributed by atoms with van der Waals surface area (Å²) < 4.78 is 5.26. The SMILES string of the molecule is N=Cc1cc(Cl)c(C2CCN(C3COC3)CC2)cc1N. The molecule has 0 amide bonds. The number of hydrogen-bond acceptors (Lipinski definition) is 4. The van der Waals surface area contributed by atoms with Gasteiger partial charge in [-0.1, -0.05) is 11.6 Å². The van der Waals surface area contributed by atoms with Crippen LogP contribution in [-0.2, 0) is 4.74 Å². The Hall–Kier alpha value is -1.10. The number of nitrogens with one attached hydrogen (secondary N) is 1. The molecule has 1 aromatic rings. The fourth-order valence-electron chi connectivity index (χ4n) is 3.07. The number of hydrogen-bond donors (Lipinski definition) is 2. The molecule has 4 nitrogen and oxygen atoms in total. The summed E-state index contributed by atoms with van der Waals surface area (Å²) in [7, 11) is 0. The van der Waals surface area contributed by atoms with Gasteiger partial charge < -0.3 is 15.9 Å². The molecule has 3 rings (SSSR count). The molecule has 0 bridgehead atoms. The minimum absolute atomic E-state index is 0.474. The van der Waals surface area contributed by atoms with Crippen molar-refractivity contribution in [3.63, 3.8) is 0 Å². The molecule has 2 fully saturated rings. The first-order chi connectivity index (χ1) is 9.69. The summed E-state index contributed by atoms with van der Waals surface area (Å²) in [6.45, 7) is 3.96. The molecule has 2 aliphatic heterocycles. The monoisotopic (exact) mass is 293 g/mol. The normalized spacial score (nSPS) is 21.6. The molecule has 1 aromatic carbocycles.